The van der Waals surface area contributed by atoms with Crippen LogP contribution in [0.3, 0.4) is 0 Å². The van der Waals surface area contributed by atoms with Crippen LogP contribution in [0.5, 0.6) is 0 Å². The van der Waals surface area contributed by atoms with Gasteiger partial charge in [0.15, 0.2) is 0 Å². The first-order valence-corrected chi connectivity index (χ1v) is 12.0. The average Bonchev–Trinajstić information content (AvgIpc) is 3.46. The van der Waals surface area contributed by atoms with E-state index < -0.39 is 0 Å². The first-order chi connectivity index (χ1) is 15.2. The van der Waals surface area contributed by atoms with Gasteiger partial charge in [-0.25, -0.2) is 0 Å². The predicted octanol–water partition coefficient (Wildman–Crippen LogP) is 3.16. The molecule has 6 heteroatoms. The number of carbonyl (C=O) groups excluding carboxylic acids is 1. The Bertz CT molecular complexity index is 770. The highest BCUT2D eigenvalue weighted by atomic mass is 16.1. The number of aryl methyl sites for hydroxylation is 1. The van der Waals surface area contributed by atoms with Gasteiger partial charge in [0.05, 0.1) is 0 Å². The molecule has 2 aromatic rings. The molecular formula is C25H37N5O. The van der Waals surface area contributed by atoms with E-state index in [-0.39, 0.29) is 5.91 Å². The van der Waals surface area contributed by atoms with E-state index in [4.69, 9.17) is 0 Å². The van der Waals surface area contributed by atoms with Crippen molar-refractivity contribution in [3.63, 3.8) is 0 Å². The molecule has 1 N–H and O–H groups in total. The number of hydrogen-bond donors (Lipinski definition) is 1. The second-order valence-electron chi connectivity index (χ2n) is 9.22. The second-order valence-corrected chi connectivity index (χ2v) is 9.22. The third-order valence-electron chi connectivity index (χ3n) is 6.79. The molecule has 0 unspecified atom stereocenters. The van der Waals surface area contributed by atoms with E-state index in [1.807, 2.05) is 23.1 Å². The summed E-state index contributed by atoms with van der Waals surface area (Å²) >= 11 is 0. The molecular weight excluding hydrogens is 386 g/mol. The normalized spacial score (nSPS) is 20.8. The summed E-state index contributed by atoms with van der Waals surface area (Å²) in [5.41, 5.74) is 1.35. The van der Waals surface area contributed by atoms with E-state index in [1.165, 1.54) is 31.5 Å². The molecule has 2 aliphatic rings. The largest absolute Gasteiger partial charge is 0.352 e. The molecule has 6 nitrogen and oxygen atoms in total. The molecule has 1 amide bonds. The third kappa shape index (κ3) is 7.18. The third-order valence-corrected chi connectivity index (χ3v) is 6.79. The van der Waals surface area contributed by atoms with Gasteiger partial charge >= 0.3 is 0 Å². The van der Waals surface area contributed by atoms with Crippen LogP contribution in [0.15, 0.2) is 48.8 Å². The molecule has 1 atom stereocenters. The number of aromatic nitrogens is 2. The molecule has 1 aromatic heterocycles. The number of rotatable bonds is 10. The highest BCUT2D eigenvalue weighted by molar-refractivity contribution is 5.76. The van der Waals surface area contributed by atoms with Crippen molar-refractivity contribution in [1.29, 1.82) is 0 Å². The van der Waals surface area contributed by atoms with Crippen molar-refractivity contribution < 1.29 is 4.79 Å². The smallest absolute Gasteiger partial charge is 0.220 e. The molecule has 0 bridgehead atoms. The fourth-order valence-electron chi connectivity index (χ4n) is 4.96. The SMILES string of the molecule is O=C(CCC1CCN(CCCn2cccn2)CC1)N[C@@H]1CCN(Cc2ccccc2)C1. The number of piperidine rings is 1. The van der Waals surface area contributed by atoms with Gasteiger partial charge in [0, 0.05) is 51.0 Å². The molecule has 0 radical (unpaired) electrons. The Morgan fingerprint density at radius 2 is 1.81 bits per heavy atom. The van der Waals surface area contributed by atoms with Gasteiger partial charge in [-0.1, -0.05) is 30.3 Å². The summed E-state index contributed by atoms with van der Waals surface area (Å²) in [6.07, 6.45) is 10.3. The Labute approximate surface area is 186 Å². The highest BCUT2D eigenvalue weighted by Gasteiger charge is 2.25. The van der Waals surface area contributed by atoms with Crippen molar-refractivity contribution in [2.24, 2.45) is 5.92 Å². The first-order valence-electron chi connectivity index (χ1n) is 12.0. The Hall–Kier alpha value is -2.18. The van der Waals surface area contributed by atoms with E-state index in [0.29, 0.717) is 18.4 Å². The van der Waals surface area contributed by atoms with E-state index in [0.717, 1.165) is 52.0 Å². The lowest BCUT2D eigenvalue weighted by Crippen LogP contribution is -2.38. The molecule has 2 fully saturated rings. The molecule has 3 heterocycles. The minimum atomic E-state index is 0.244. The van der Waals surface area contributed by atoms with Gasteiger partial charge in [-0.3, -0.25) is 14.4 Å². The van der Waals surface area contributed by atoms with Gasteiger partial charge in [-0.05, 0) is 69.3 Å². The Kier molecular flexibility index (Phi) is 8.13. The van der Waals surface area contributed by atoms with Crippen molar-refractivity contribution >= 4 is 5.91 Å². The number of carbonyl (C=O) groups is 1. The molecule has 168 valence electrons. The second kappa shape index (κ2) is 11.4. The predicted molar refractivity (Wildman–Crippen MR) is 124 cm³/mol. The van der Waals surface area contributed by atoms with Crippen LogP contribution < -0.4 is 5.32 Å². The molecule has 0 spiro atoms. The van der Waals surface area contributed by atoms with Gasteiger partial charge < -0.3 is 10.2 Å². The zero-order valence-electron chi connectivity index (χ0n) is 18.7. The lowest BCUT2D eigenvalue weighted by Gasteiger charge is -2.32. The summed E-state index contributed by atoms with van der Waals surface area (Å²) < 4.78 is 2.01. The monoisotopic (exact) mass is 423 g/mol. The topological polar surface area (TPSA) is 53.4 Å². The van der Waals surface area contributed by atoms with Crippen LogP contribution in [0.2, 0.25) is 0 Å². The number of nitrogens with one attached hydrogen (secondary N) is 1. The zero-order chi connectivity index (χ0) is 21.3. The van der Waals surface area contributed by atoms with Gasteiger partial charge in [0.25, 0.3) is 0 Å². The van der Waals surface area contributed by atoms with Crippen LogP contribution >= 0.6 is 0 Å². The van der Waals surface area contributed by atoms with Gasteiger partial charge in [-0.2, -0.15) is 5.10 Å². The minimum absolute atomic E-state index is 0.244. The number of amides is 1. The van der Waals surface area contributed by atoms with E-state index >= 15 is 0 Å². The van der Waals surface area contributed by atoms with E-state index in [1.54, 1.807) is 0 Å². The number of nitrogens with zero attached hydrogens (tertiary/aromatic N) is 4. The summed E-state index contributed by atoms with van der Waals surface area (Å²) in [5.74, 6) is 0.944. The molecule has 0 aliphatic carbocycles. The Morgan fingerprint density at radius 3 is 2.58 bits per heavy atom. The van der Waals surface area contributed by atoms with Crippen LogP contribution in [-0.2, 0) is 17.9 Å². The van der Waals surface area contributed by atoms with Gasteiger partial charge in [-0.15, -0.1) is 0 Å². The zero-order valence-corrected chi connectivity index (χ0v) is 18.7. The average molecular weight is 424 g/mol. The number of benzene rings is 1. The van der Waals surface area contributed by atoms with E-state index in [2.05, 4.69) is 50.5 Å². The fourth-order valence-corrected chi connectivity index (χ4v) is 4.96. The lowest BCUT2D eigenvalue weighted by atomic mass is 9.92. The molecule has 2 aliphatic heterocycles. The van der Waals surface area contributed by atoms with Crippen molar-refractivity contribution in [2.45, 2.75) is 57.7 Å². The Balaban J connectivity index is 1.06. The summed E-state index contributed by atoms with van der Waals surface area (Å²) in [5, 5.41) is 7.55. The minimum Gasteiger partial charge on any atom is -0.352 e. The molecule has 1 aromatic carbocycles. The van der Waals surface area contributed by atoms with Gasteiger partial charge in [0.2, 0.25) is 5.91 Å². The first kappa shape index (κ1) is 22.0. The summed E-state index contributed by atoms with van der Waals surface area (Å²) in [6, 6.07) is 12.9. The maximum Gasteiger partial charge on any atom is 0.220 e. The van der Waals surface area contributed by atoms with Crippen LogP contribution in [0.1, 0.15) is 44.1 Å². The van der Waals surface area contributed by atoms with Crippen LogP contribution in [0.4, 0.5) is 0 Å². The fraction of sp³-hybridized carbons (Fsp3) is 0.600. The maximum atomic E-state index is 12.5. The summed E-state index contributed by atoms with van der Waals surface area (Å²) in [6.45, 7) is 7.50. The van der Waals surface area contributed by atoms with Crippen molar-refractivity contribution in [2.75, 3.05) is 32.7 Å². The van der Waals surface area contributed by atoms with Gasteiger partial charge in [0.1, 0.15) is 0 Å². The van der Waals surface area contributed by atoms with Crippen LogP contribution in [0.25, 0.3) is 0 Å². The molecule has 0 saturated carbocycles. The standard InChI is InChI=1S/C25H37N5O/c31-25(27-24-12-19-29(21-24)20-23-6-2-1-3-7-23)9-8-22-10-17-28(18-11-22)14-5-16-30-15-4-13-26-30/h1-4,6-7,13,15,22,24H,5,8-12,14,16-21H2,(H,27,31)/t24-/m1/s1. The van der Waals surface area contributed by atoms with Crippen LogP contribution in [-0.4, -0.2) is 64.3 Å². The molecule has 4 rings (SSSR count). The summed E-state index contributed by atoms with van der Waals surface area (Å²) in [4.78, 5) is 17.5. The highest BCUT2D eigenvalue weighted by Crippen LogP contribution is 2.22. The van der Waals surface area contributed by atoms with Crippen molar-refractivity contribution in [3.05, 3.63) is 54.4 Å². The molecule has 2 saturated heterocycles. The molecule has 31 heavy (non-hydrogen) atoms. The van der Waals surface area contributed by atoms with Crippen molar-refractivity contribution in [1.82, 2.24) is 24.9 Å². The summed E-state index contributed by atoms with van der Waals surface area (Å²) in [7, 11) is 0. The number of likely N-dealkylation sites (tertiary alicyclic amines) is 2. The lowest BCUT2D eigenvalue weighted by molar-refractivity contribution is -0.122. The maximum absolute atomic E-state index is 12.5. The van der Waals surface area contributed by atoms with Crippen LogP contribution in [0, 0.1) is 5.92 Å². The number of hydrogen-bond acceptors (Lipinski definition) is 4. The Morgan fingerprint density at radius 1 is 1.00 bits per heavy atom. The quantitative estimate of drug-likeness (QED) is 0.638. The van der Waals surface area contributed by atoms with Crippen molar-refractivity contribution in [3.8, 4) is 0 Å². The van der Waals surface area contributed by atoms with E-state index in [9.17, 15) is 4.79 Å².